The van der Waals surface area contributed by atoms with Crippen molar-refractivity contribution in [3.63, 3.8) is 0 Å². The third-order valence-corrected chi connectivity index (χ3v) is 4.83. The van der Waals surface area contributed by atoms with Gasteiger partial charge in [0, 0.05) is 17.3 Å². The molecular formula is C24H18N4O6. The van der Waals surface area contributed by atoms with Crippen LogP contribution in [0.2, 0.25) is 0 Å². The summed E-state index contributed by atoms with van der Waals surface area (Å²) in [5, 5.41) is 22.9. The van der Waals surface area contributed by atoms with E-state index in [-0.39, 0.29) is 11.4 Å². The number of nitriles is 1. The molecule has 4 N–H and O–H groups in total. The number of nitrogens with zero attached hydrogens (tertiary/aromatic N) is 1. The number of ether oxygens (including phenoxy) is 1. The van der Waals surface area contributed by atoms with Crippen LogP contribution in [0.15, 0.2) is 80.9 Å². The Hall–Kier alpha value is -4.88. The highest BCUT2D eigenvalue weighted by molar-refractivity contribution is 5.89. The van der Waals surface area contributed by atoms with Gasteiger partial charge in [0.25, 0.3) is 5.56 Å². The molecule has 0 aliphatic rings. The monoisotopic (exact) mass is 458 g/mol. The zero-order valence-corrected chi connectivity index (χ0v) is 17.6. The molecule has 1 atom stereocenters. The number of anilines is 1. The van der Waals surface area contributed by atoms with Gasteiger partial charge >= 0.3 is 11.7 Å². The van der Waals surface area contributed by atoms with Crippen molar-refractivity contribution in [2.75, 3.05) is 11.9 Å². The molecule has 0 fully saturated rings. The van der Waals surface area contributed by atoms with Gasteiger partial charge in [-0.3, -0.25) is 9.78 Å². The molecule has 0 radical (unpaired) electrons. The molecule has 2 aromatic heterocycles. The third kappa shape index (κ3) is 4.64. The van der Waals surface area contributed by atoms with Crippen molar-refractivity contribution in [2.45, 2.75) is 6.23 Å². The van der Waals surface area contributed by atoms with Crippen LogP contribution in [0.1, 0.15) is 15.9 Å². The Bertz CT molecular complexity index is 1470. The lowest BCUT2D eigenvalue weighted by Crippen LogP contribution is -2.31. The molecule has 0 amide bonds. The van der Waals surface area contributed by atoms with Crippen molar-refractivity contribution in [3.8, 4) is 28.5 Å². The number of hydrogen-bond acceptors (Lipinski definition) is 8. The maximum Gasteiger partial charge on any atom is 0.345 e. The summed E-state index contributed by atoms with van der Waals surface area (Å²) in [6, 6.07) is 20.5. The molecule has 170 valence electrons. The number of furan rings is 1. The fraction of sp³-hybridized carbons (Fsp3) is 0.0833. The van der Waals surface area contributed by atoms with E-state index in [4.69, 9.17) is 9.15 Å². The van der Waals surface area contributed by atoms with Crippen molar-refractivity contribution in [2.24, 2.45) is 0 Å². The lowest BCUT2D eigenvalue weighted by molar-refractivity contribution is 0.0307. The van der Waals surface area contributed by atoms with Crippen LogP contribution in [-0.4, -0.2) is 33.9 Å². The molecule has 34 heavy (non-hydrogen) atoms. The first kappa shape index (κ1) is 22.3. The number of benzene rings is 2. The number of esters is 1. The Morgan fingerprint density at radius 2 is 1.74 bits per heavy atom. The molecule has 0 saturated heterocycles. The summed E-state index contributed by atoms with van der Waals surface area (Å²) in [6.45, 7) is -0.565. The molecule has 4 rings (SSSR count). The molecule has 0 bridgehead atoms. The number of H-pyrrole nitrogens is 2. The predicted molar refractivity (Wildman–Crippen MR) is 122 cm³/mol. The second-order valence-corrected chi connectivity index (χ2v) is 7.10. The largest absolute Gasteiger partial charge is 0.457 e. The highest BCUT2D eigenvalue weighted by Crippen LogP contribution is 2.41. The Kier molecular flexibility index (Phi) is 6.38. The van der Waals surface area contributed by atoms with Gasteiger partial charge in [-0.1, -0.05) is 60.7 Å². The molecular weight excluding hydrogens is 440 g/mol. The summed E-state index contributed by atoms with van der Waals surface area (Å²) in [5.41, 5.74) is 0.0492. The van der Waals surface area contributed by atoms with Gasteiger partial charge < -0.3 is 24.6 Å². The number of hydrogen-bond donors (Lipinski definition) is 4. The van der Waals surface area contributed by atoms with Gasteiger partial charge in [0.05, 0.1) is 0 Å². The summed E-state index contributed by atoms with van der Waals surface area (Å²) in [4.78, 5) is 39.0. The molecule has 4 aromatic rings. The number of carbonyl (C=O) groups excluding carboxylic acids is 1. The fourth-order valence-electron chi connectivity index (χ4n) is 3.30. The average Bonchev–Trinajstić information content (AvgIpc) is 3.21. The number of aliphatic hydroxyl groups excluding tert-OH is 1. The van der Waals surface area contributed by atoms with Gasteiger partial charge in [-0.25, -0.2) is 9.59 Å². The first-order valence-electron chi connectivity index (χ1n) is 10.1. The maximum atomic E-state index is 12.1. The first-order chi connectivity index (χ1) is 16.5. The highest BCUT2D eigenvalue weighted by Gasteiger charge is 2.24. The SMILES string of the molecule is N#Cc1c(NC(O)COC(=O)c2c[nH]c(=O)[nH]c2=O)oc(-c2ccccc2)c1-c1ccccc1. The van der Waals surface area contributed by atoms with Crippen LogP contribution < -0.4 is 16.6 Å². The van der Waals surface area contributed by atoms with Gasteiger partial charge in [-0.05, 0) is 5.56 Å². The van der Waals surface area contributed by atoms with Crippen molar-refractivity contribution < 1.29 is 19.1 Å². The topological polar surface area (TPSA) is 161 Å². The minimum Gasteiger partial charge on any atom is -0.457 e. The van der Waals surface area contributed by atoms with Crippen molar-refractivity contribution in [1.82, 2.24) is 9.97 Å². The van der Waals surface area contributed by atoms with Crippen LogP contribution in [0.25, 0.3) is 22.5 Å². The zero-order valence-electron chi connectivity index (χ0n) is 17.6. The maximum absolute atomic E-state index is 12.1. The average molecular weight is 458 g/mol. The molecule has 0 spiro atoms. The molecule has 0 saturated carbocycles. The van der Waals surface area contributed by atoms with Crippen molar-refractivity contribution in [3.05, 3.63) is 98.8 Å². The molecule has 2 aromatic carbocycles. The lowest BCUT2D eigenvalue weighted by atomic mass is 9.98. The smallest absolute Gasteiger partial charge is 0.345 e. The van der Waals surface area contributed by atoms with Gasteiger partial charge in [-0.2, -0.15) is 5.26 Å². The molecule has 10 heteroatoms. The quantitative estimate of drug-likeness (QED) is 0.242. The Balaban J connectivity index is 1.60. The first-order valence-corrected chi connectivity index (χ1v) is 10.1. The second kappa shape index (κ2) is 9.72. The summed E-state index contributed by atoms with van der Waals surface area (Å²) < 4.78 is 10.9. The van der Waals surface area contributed by atoms with E-state index in [1.165, 1.54) is 0 Å². The van der Waals surface area contributed by atoms with E-state index in [9.17, 15) is 24.8 Å². The van der Waals surface area contributed by atoms with Crippen LogP contribution in [0.4, 0.5) is 5.88 Å². The van der Waals surface area contributed by atoms with E-state index in [1.807, 2.05) is 65.6 Å². The summed E-state index contributed by atoms with van der Waals surface area (Å²) in [6.07, 6.45) is -0.543. The van der Waals surface area contributed by atoms with Crippen LogP contribution in [-0.2, 0) is 4.74 Å². The summed E-state index contributed by atoms with van der Waals surface area (Å²) in [7, 11) is 0. The molecule has 0 aliphatic carbocycles. The second-order valence-electron chi connectivity index (χ2n) is 7.10. The summed E-state index contributed by atoms with van der Waals surface area (Å²) >= 11 is 0. The Labute approximate surface area is 192 Å². The van der Waals surface area contributed by atoms with E-state index >= 15 is 0 Å². The van der Waals surface area contributed by atoms with Gasteiger partial charge in [0.2, 0.25) is 5.88 Å². The lowest BCUT2D eigenvalue weighted by Gasteiger charge is -2.12. The number of rotatable bonds is 7. The van der Waals surface area contributed by atoms with E-state index in [0.29, 0.717) is 11.3 Å². The Morgan fingerprint density at radius 1 is 1.09 bits per heavy atom. The number of nitrogens with one attached hydrogen (secondary N) is 3. The van der Waals surface area contributed by atoms with Crippen LogP contribution in [0.5, 0.6) is 0 Å². The van der Waals surface area contributed by atoms with E-state index in [2.05, 4.69) is 16.4 Å². The standard InChI is InChI=1S/C24H18N4O6/c25-11-16-19(14-7-3-1-4-8-14)20(15-9-5-2-6-10-15)34-22(16)27-18(29)13-33-23(31)17-12-26-24(32)28-21(17)30/h1-10,12,18,27,29H,13H2,(H2,26,28,30,32). The number of aromatic amines is 2. The van der Waals surface area contributed by atoms with Crippen LogP contribution in [0, 0.1) is 11.3 Å². The minimum atomic E-state index is -1.46. The van der Waals surface area contributed by atoms with E-state index < -0.39 is 35.6 Å². The fourth-order valence-corrected chi connectivity index (χ4v) is 3.30. The normalized spacial score (nSPS) is 11.4. The molecule has 10 nitrogen and oxygen atoms in total. The summed E-state index contributed by atoms with van der Waals surface area (Å²) in [5.74, 6) is -0.631. The third-order valence-electron chi connectivity index (χ3n) is 4.83. The molecule has 2 heterocycles. The highest BCUT2D eigenvalue weighted by atomic mass is 16.5. The zero-order chi connectivity index (χ0) is 24.1. The van der Waals surface area contributed by atoms with Gasteiger partial charge in [-0.15, -0.1) is 0 Å². The Morgan fingerprint density at radius 3 is 2.35 bits per heavy atom. The molecule has 1 unspecified atom stereocenters. The molecule has 0 aliphatic heterocycles. The number of aliphatic hydroxyl groups is 1. The number of carbonyl (C=O) groups is 1. The minimum absolute atomic E-state index is 0.00866. The van der Waals surface area contributed by atoms with Crippen molar-refractivity contribution in [1.29, 1.82) is 5.26 Å². The van der Waals surface area contributed by atoms with E-state index in [0.717, 1.165) is 17.3 Å². The van der Waals surface area contributed by atoms with E-state index in [1.54, 1.807) is 0 Å². The van der Waals surface area contributed by atoms with Crippen molar-refractivity contribution >= 4 is 11.9 Å². The van der Waals surface area contributed by atoms with Crippen LogP contribution >= 0.6 is 0 Å². The van der Waals surface area contributed by atoms with Crippen LogP contribution in [0.3, 0.4) is 0 Å². The van der Waals surface area contributed by atoms with Gasteiger partial charge in [0.1, 0.15) is 29.6 Å². The van der Waals surface area contributed by atoms with Gasteiger partial charge in [0.15, 0.2) is 6.23 Å². The number of aromatic nitrogens is 2. The predicted octanol–water partition coefficient (Wildman–Crippen LogP) is 2.45.